The van der Waals surface area contributed by atoms with E-state index < -0.39 is 0 Å². The lowest BCUT2D eigenvalue weighted by Gasteiger charge is -2.65. The predicted octanol–water partition coefficient (Wildman–Crippen LogP) is 3.27. The summed E-state index contributed by atoms with van der Waals surface area (Å²) in [7, 11) is 0. The molecular weight excluding hydrogens is 286 g/mol. The van der Waals surface area contributed by atoms with Crippen molar-refractivity contribution in [2.75, 3.05) is 11.1 Å². The van der Waals surface area contributed by atoms with Gasteiger partial charge in [-0.25, -0.2) is 0 Å². The molecule has 1 aromatic heterocycles. The topological polar surface area (TPSA) is 76.7 Å². The molecule has 3 N–H and O–H groups in total. The molecule has 4 aliphatic rings. The van der Waals surface area contributed by atoms with Crippen LogP contribution in [0.2, 0.25) is 5.28 Å². The first-order chi connectivity index (χ1) is 9.77. The van der Waals surface area contributed by atoms with Crippen molar-refractivity contribution in [3.8, 4) is 0 Å². The number of nitrogens with one attached hydrogen (secondary N) is 1. The van der Waals surface area contributed by atoms with Gasteiger partial charge in [0, 0.05) is 5.54 Å². The highest BCUT2D eigenvalue weighted by Crippen LogP contribution is 2.66. The van der Waals surface area contributed by atoms with Crippen LogP contribution in [0, 0.1) is 16.7 Å². The molecule has 0 aromatic carbocycles. The van der Waals surface area contributed by atoms with E-state index in [2.05, 4.69) is 34.1 Å². The van der Waals surface area contributed by atoms with Gasteiger partial charge in [-0.2, -0.15) is 15.0 Å². The highest BCUT2D eigenvalue weighted by molar-refractivity contribution is 6.28. The standard InChI is InChI=1S/C15H22ClN5/c1-13-3-9-4-14(2,6-13)8-15(5-9,7-13)21-12-19-10(16)18-11(17)20-12/h9H,3-8H2,1-2H3,(H3,17,18,19,20,21). The minimum Gasteiger partial charge on any atom is -0.368 e. The molecule has 4 fully saturated rings. The largest absolute Gasteiger partial charge is 0.368 e. The van der Waals surface area contributed by atoms with Gasteiger partial charge in [0.15, 0.2) is 0 Å². The third-order valence-corrected chi connectivity index (χ3v) is 5.80. The van der Waals surface area contributed by atoms with Gasteiger partial charge in [0.05, 0.1) is 0 Å². The van der Waals surface area contributed by atoms with Crippen molar-refractivity contribution in [1.82, 2.24) is 15.0 Å². The fourth-order valence-corrected chi connectivity index (χ4v) is 6.41. The summed E-state index contributed by atoms with van der Waals surface area (Å²) in [5.74, 6) is 1.53. The third-order valence-electron chi connectivity index (χ3n) is 5.63. The maximum absolute atomic E-state index is 5.91. The molecule has 114 valence electrons. The summed E-state index contributed by atoms with van der Waals surface area (Å²) >= 11 is 5.91. The molecule has 5 nitrogen and oxygen atoms in total. The van der Waals surface area contributed by atoms with E-state index in [0.717, 1.165) is 5.92 Å². The lowest BCUT2D eigenvalue weighted by atomic mass is 9.43. The number of nitrogens with two attached hydrogens (primary N) is 1. The zero-order valence-electron chi connectivity index (χ0n) is 12.6. The van der Waals surface area contributed by atoms with Crippen LogP contribution >= 0.6 is 11.6 Å². The Morgan fingerprint density at radius 1 is 1.05 bits per heavy atom. The molecule has 0 radical (unpaired) electrons. The number of anilines is 2. The number of hydrogen-bond donors (Lipinski definition) is 2. The molecule has 0 amide bonds. The van der Waals surface area contributed by atoms with E-state index >= 15 is 0 Å². The number of halogens is 1. The first-order valence-electron chi connectivity index (χ1n) is 7.73. The van der Waals surface area contributed by atoms with Crippen molar-refractivity contribution >= 4 is 23.5 Å². The van der Waals surface area contributed by atoms with Gasteiger partial charge in [0.25, 0.3) is 0 Å². The van der Waals surface area contributed by atoms with Crippen molar-refractivity contribution in [1.29, 1.82) is 0 Å². The van der Waals surface area contributed by atoms with E-state index in [9.17, 15) is 0 Å². The van der Waals surface area contributed by atoms with E-state index in [-0.39, 0.29) is 16.8 Å². The first-order valence-corrected chi connectivity index (χ1v) is 8.10. The van der Waals surface area contributed by atoms with Gasteiger partial charge in [0.2, 0.25) is 17.2 Å². The molecule has 5 rings (SSSR count). The van der Waals surface area contributed by atoms with Crippen LogP contribution in [0.3, 0.4) is 0 Å². The first kappa shape index (κ1) is 13.6. The van der Waals surface area contributed by atoms with Gasteiger partial charge < -0.3 is 11.1 Å². The molecule has 2 unspecified atom stereocenters. The lowest BCUT2D eigenvalue weighted by Crippen LogP contribution is -2.61. The summed E-state index contributed by atoms with van der Waals surface area (Å²) in [6.45, 7) is 4.89. The van der Waals surface area contributed by atoms with Crippen molar-refractivity contribution < 1.29 is 0 Å². The summed E-state index contributed by atoms with van der Waals surface area (Å²) in [6, 6.07) is 0. The van der Waals surface area contributed by atoms with E-state index in [4.69, 9.17) is 17.3 Å². The summed E-state index contributed by atoms with van der Waals surface area (Å²) in [6.07, 6.45) is 7.67. The molecule has 6 heteroatoms. The SMILES string of the molecule is CC12CC3CC(C)(C1)CC(Nc1nc(N)nc(Cl)n1)(C3)C2. The van der Waals surface area contributed by atoms with E-state index in [1.54, 1.807) is 0 Å². The molecule has 2 atom stereocenters. The van der Waals surface area contributed by atoms with E-state index in [1.165, 1.54) is 38.5 Å². The Balaban J connectivity index is 1.68. The summed E-state index contributed by atoms with van der Waals surface area (Å²) in [5.41, 5.74) is 6.68. The zero-order valence-corrected chi connectivity index (χ0v) is 13.4. The average Bonchev–Trinajstić information content (AvgIpc) is 2.19. The number of rotatable bonds is 2. The second kappa shape index (κ2) is 4.00. The second-order valence-electron chi connectivity index (χ2n) is 8.32. The summed E-state index contributed by atoms with van der Waals surface area (Å²) in [4.78, 5) is 12.3. The highest BCUT2D eigenvalue weighted by Gasteiger charge is 2.60. The zero-order chi connectivity index (χ0) is 14.9. The van der Waals surface area contributed by atoms with Crippen LogP contribution in [0.15, 0.2) is 0 Å². The Bertz CT molecular complexity index is 565. The van der Waals surface area contributed by atoms with Crippen molar-refractivity contribution in [2.45, 2.75) is 57.9 Å². The van der Waals surface area contributed by atoms with Crippen LogP contribution in [-0.4, -0.2) is 20.5 Å². The quantitative estimate of drug-likeness (QED) is 0.877. The fraction of sp³-hybridized carbons (Fsp3) is 0.800. The minimum absolute atomic E-state index is 0.0973. The van der Waals surface area contributed by atoms with Crippen molar-refractivity contribution in [2.24, 2.45) is 16.7 Å². The maximum atomic E-state index is 5.91. The van der Waals surface area contributed by atoms with Gasteiger partial charge in [-0.15, -0.1) is 0 Å². The lowest BCUT2D eigenvalue weighted by molar-refractivity contribution is -0.0974. The van der Waals surface area contributed by atoms with Crippen molar-refractivity contribution in [3.05, 3.63) is 5.28 Å². The van der Waals surface area contributed by atoms with Crippen LogP contribution in [0.25, 0.3) is 0 Å². The second-order valence-corrected chi connectivity index (χ2v) is 8.66. The molecule has 1 aromatic rings. The summed E-state index contributed by atoms with van der Waals surface area (Å²) < 4.78 is 0. The van der Waals surface area contributed by atoms with Crippen LogP contribution in [0.4, 0.5) is 11.9 Å². The number of nitrogens with zero attached hydrogens (tertiary/aromatic N) is 3. The molecule has 21 heavy (non-hydrogen) atoms. The normalized spacial score (nSPS) is 44.0. The van der Waals surface area contributed by atoms with Gasteiger partial charge in [-0.1, -0.05) is 13.8 Å². The van der Waals surface area contributed by atoms with Crippen LogP contribution < -0.4 is 11.1 Å². The molecule has 4 saturated carbocycles. The molecule has 4 aliphatic carbocycles. The van der Waals surface area contributed by atoms with E-state index in [1.807, 2.05) is 0 Å². The minimum atomic E-state index is 0.0973. The number of hydrogen-bond acceptors (Lipinski definition) is 5. The van der Waals surface area contributed by atoms with Gasteiger partial charge in [-0.05, 0) is 66.9 Å². The molecule has 0 saturated heterocycles. The smallest absolute Gasteiger partial charge is 0.229 e. The van der Waals surface area contributed by atoms with Gasteiger partial charge in [-0.3, -0.25) is 0 Å². The predicted molar refractivity (Wildman–Crippen MR) is 83.0 cm³/mol. The van der Waals surface area contributed by atoms with Crippen LogP contribution in [0.5, 0.6) is 0 Å². The molecule has 4 bridgehead atoms. The van der Waals surface area contributed by atoms with Crippen molar-refractivity contribution in [3.63, 3.8) is 0 Å². The monoisotopic (exact) mass is 307 g/mol. The number of nitrogen functional groups attached to an aromatic ring is 1. The van der Waals surface area contributed by atoms with Crippen LogP contribution in [0.1, 0.15) is 52.4 Å². The van der Waals surface area contributed by atoms with Gasteiger partial charge in [0.1, 0.15) is 0 Å². The third kappa shape index (κ3) is 2.26. The molecule has 0 aliphatic heterocycles. The maximum Gasteiger partial charge on any atom is 0.229 e. The highest BCUT2D eigenvalue weighted by atomic mass is 35.5. The Hall–Kier alpha value is -1.10. The molecule has 1 heterocycles. The Morgan fingerprint density at radius 2 is 1.71 bits per heavy atom. The Kier molecular flexibility index (Phi) is 2.58. The molecule has 0 spiro atoms. The fourth-order valence-electron chi connectivity index (χ4n) is 6.25. The van der Waals surface area contributed by atoms with Crippen LogP contribution in [-0.2, 0) is 0 Å². The van der Waals surface area contributed by atoms with Gasteiger partial charge >= 0.3 is 0 Å². The Morgan fingerprint density at radius 3 is 2.29 bits per heavy atom. The summed E-state index contributed by atoms with van der Waals surface area (Å²) in [5, 5.41) is 3.75. The molecular formula is C15H22ClN5. The van der Waals surface area contributed by atoms with E-state index in [0.29, 0.717) is 16.8 Å². The average molecular weight is 308 g/mol. The Labute approximate surface area is 130 Å². The number of aromatic nitrogens is 3.